The molecule has 1 aromatic heterocycles. The van der Waals surface area contributed by atoms with E-state index in [9.17, 15) is 18.0 Å². The molecule has 1 aromatic rings. The summed E-state index contributed by atoms with van der Waals surface area (Å²) in [7, 11) is 3.49. The van der Waals surface area contributed by atoms with E-state index in [-0.39, 0.29) is 18.1 Å². The smallest absolute Gasteiger partial charge is 0.475 e. The fraction of sp³-hybridized carbons (Fsp3) is 0.684. The maximum atomic E-state index is 12.9. The number of carbonyl (C=O) groups excluding carboxylic acids is 1. The van der Waals surface area contributed by atoms with Gasteiger partial charge in [-0.3, -0.25) is 9.69 Å². The van der Waals surface area contributed by atoms with Gasteiger partial charge in [0, 0.05) is 51.9 Å². The molecule has 1 N–H and O–H groups in total. The molecule has 2 aliphatic heterocycles. The summed E-state index contributed by atoms with van der Waals surface area (Å²) in [5, 5.41) is 7.12. The predicted molar refractivity (Wildman–Crippen MR) is 99.2 cm³/mol. The predicted octanol–water partition coefficient (Wildman–Crippen LogP) is 2.03. The number of ether oxygens (including phenoxy) is 2. The molecule has 0 radical (unpaired) electrons. The molecular weight excluding hydrogens is 409 g/mol. The number of carboxylic acid groups (broad SMARTS) is 1. The number of aliphatic carboxylic acids is 1. The number of piperidine rings is 1. The number of amides is 1. The van der Waals surface area contributed by atoms with Crippen LogP contribution in [0.1, 0.15) is 22.5 Å². The van der Waals surface area contributed by atoms with Gasteiger partial charge in [0.2, 0.25) is 0 Å². The number of furan rings is 1. The zero-order valence-corrected chi connectivity index (χ0v) is 17.1. The van der Waals surface area contributed by atoms with E-state index in [0.29, 0.717) is 18.3 Å². The van der Waals surface area contributed by atoms with Crippen molar-refractivity contribution in [2.24, 2.45) is 5.92 Å². The van der Waals surface area contributed by atoms with Crippen molar-refractivity contribution in [3.63, 3.8) is 0 Å². The highest BCUT2D eigenvalue weighted by atomic mass is 19.4. The van der Waals surface area contributed by atoms with E-state index in [4.69, 9.17) is 23.8 Å². The summed E-state index contributed by atoms with van der Waals surface area (Å²) in [5.41, 5.74) is 0.898. The second-order valence-electron chi connectivity index (χ2n) is 7.28. The summed E-state index contributed by atoms with van der Waals surface area (Å²) < 4.78 is 48.0. The van der Waals surface area contributed by atoms with E-state index in [1.807, 2.05) is 17.9 Å². The molecule has 3 heterocycles. The highest BCUT2D eigenvalue weighted by Gasteiger charge is 2.46. The Kier molecular flexibility index (Phi) is 8.27. The zero-order valence-electron chi connectivity index (χ0n) is 17.1. The molecule has 3 atom stereocenters. The van der Waals surface area contributed by atoms with E-state index < -0.39 is 12.1 Å². The Balaban J connectivity index is 0.000000396. The number of hydrogen-bond donors (Lipinski definition) is 1. The average Bonchev–Trinajstić information content (AvgIpc) is 3.30. The van der Waals surface area contributed by atoms with Crippen molar-refractivity contribution in [1.29, 1.82) is 0 Å². The van der Waals surface area contributed by atoms with Crippen LogP contribution in [0.2, 0.25) is 0 Å². The normalized spacial score (nSPS) is 24.2. The zero-order chi connectivity index (χ0) is 22.5. The number of rotatable bonds is 5. The van der Waals surface area contributed by atoms with Crippen LogP contribution in [0.4, 0.5) is 13.2 Å². The number of nitrogens with zero attached hydrogens (tertiary/aromatic N) is 2. The third-order valence-corrected chi connectivity index (χ3v) is 5.41. The number of likely N-dealkylation sites (tertiary alicyclic amines) is 2. The Morgan fingerprint density at radius 1 is 1.30 bits per heavy atom. The Morgan fingerprint density at radius 2 is 1.97 bits per heavy atom. The van der Waals surface area contributed by atoms with Gasteiger partial charge in [-0.2, -0.15) is 13.2 Å². The van der Waals surface area contributed by atoms with E-state index in [0.717, 1.165) is 38.2 Å². The minimum Gasteiger partial charge on any atom is -0.475 e. The second kappa shape index (κ2) is 10.3. The molecule has 2 aliphatic rings. The van der Waals surface area contributed by atoms with Gasteiger partial charge in [-0.15, -0.1) is 0 Å². The molecule has 0 aromatic carbocycles. The van der Waals surface area contributed by atoms with Crippen LogP contribution in [-0.2, 0) is 14.3 Å². The van der Waals surface area contributed by atoms with Gasteiger partial charge >= 0.3 is 12.1 Å². The summed E-state index contributed by atoms with van der Waals surface area (Å²) in [6.07, 6.45) is -2.41. The van der Waals surface area contributed by atoms with Crippen LogP contribution < -0.4 is 0 Å². The molecule has 3 rings (SSSR count). The van der Waals surface area contributed by atoms with Gasteiger partial charge in [-0.05, 0) is 19.4 Å². The summed E-state index contributed by atoms with van der Waals surface area (Å²) in [6, 6.07) is 2.02. The van der Waals surface area contributed by atoms with Crippen LogP contribution in [0, 0.1) is 12.8 Å². The number of fused-ring (bicyclic) bond motifs is 1. The Morgan fingerprint density at radius 3 is 2.47 bits per heavy atom. The molecule has 11 heteroatoms. The third-order valence-electron chi connectivity index (χ3n) is 5.41. The Labute approximate surface area is 172 Å². The lowest BCUT2D eigenvalue weighted by Crippen LogP contribution is -2.53. The van der Waals surface area contributed by atoms with Crippen molar-refractivity contribution in [2.45, 2.75) is 31.7 Å². The molecule has 2 saturated heterocycles. The standard InChI is InChI=1S/C17H26N2O4.C2HF3O2/c1-12-5-8-23-16(12)17(20)19-6-4-15(22-3)13-10-18(7-9-21-2)11-14(13)19;3-2(4,5)1(6)7/h5,8,13-15H,4,6-7,9-11H2,1-3H3;(H,6,7)/t13-,14+,15-;/m0./s1. The lowest BCUT2D eigenvalue weighted by Gasteiger charge is -2.40. The molecule has 1 amide bonds. The van der Waals surface area contributed by atoms with Gasteiger partial charge in [0.05, 0.1) is 25.0 Å². The first-order valence-corrected chi connectivity index (χ1v) is 9.49. The van der Waals surface area contributed by atoms with Crippen molar-refractivity contribution in [3.8, 4) is 0 Å². The lowest BCUT2D eigenvalue weighted by atomic mass is 9.88. The number of aryl methyl sites for hydroxylation is 1. The van der Waals surface area contributed by atoms with Crippen LogP contribution in [0.5, 0.6) is 0 Å². The second-order valence-corrected chi connectivity index (χ2v) is 7.28. The molecule has 0 bridgehead atoms. The molecule has 30 heavy (non-hydrogen) atoms. The van der Waals surface area contributed by atoms with Crippen molar-refractivity contribution in [1.82, 2.24) is 9.80 Å². The van der Waals surface area contributed by atoms with Gasteiger partial charge in [-0.1, -0.05) is 0 Å². The largest absolute Gasteiger partial charge is 0.490 e. The van der Waals surface area contributed by atoms with Crippen molar-refractivity contribution in [2.75, 3.05) is 47.0 Å². The molecule has 0 unspecified atom stereocenters. The van der Waals surface area contributed by atoms with Crippen molar-refractivity contribution < 1.29 is 41.8 Å². The number of carbonyl (C=O) groups is 2. The maximum Gasteiger partial charge on any atom is 0.490 e. The van der Waals surface area contributed by atoms with E-state index in [1.54, 1.807) is 20.5 Å². The fourth-order valence-corrected chi connectivity index (χ4v) is 3.91. The average molecular weight is 436 g/mol. The van der Waals surface area contributed by atoms with Crippen LogP contribution >= 0.6 is 0 Å². The van der Waals surface area contributed by atoms with Gasteiger partial charge < -0.3 is 23.9 Å². The molecular formula is C19H27F3N2O6. The van der Waals surface area contributed by atoms with Gasteiger partial charge in [0.25, 0.3) is 5.91 Å². The van der Waals surface area contributed by atoms with Crippen LogP contribution in [0.15, 0.2) is 16.7 Å². The van der Waals surface area contributed by atoms with E-state index >= 15 is 0 Å². The van der Waals surface area contributed by atoms with Crippen molar-refractivity contribution >= 4 is 11.9 Å². The maximum absolute atomic E-state index is 12.9. The third kappa shape index (κ3) is 5.73. The number of hydrogen-bond acceptors (Lipinski definition) is 6. The molecule has 0 saturated carbocycles. The topological polar surface area (TPSA) is 92.5 Å². The first-order valence-electron chi connectivity index (χ1n) is 9.49. The van der Waals surface area contributed by atoms with Crippen LogP contribution in [0.3, 0.4) is 0 Å². The van der Waals surface area contributed by atoms with Gasteiger partial charge in [-0.25, -0.2) is 4.79 Å². The number of carboxylic acids is 1. The van der Waals surface area contributed by atoms with Crippen LogP contribution in [0.25, 0.3) is 0 Å². The molecule has 0 aliphatic carbocycles. The SMILES string of the molecule is COCCN1C[C@@H]2[C@@H](OC)CCN(C(=O)c3occc3C)[C@@H]2C1.O=C(O)C(F)(F)F. The van der Waals surface area contributed by atoms with Gasteiger partial charge in [0.1, 0.15) is 0 Å². The molecule has 0 spiro atoms. The Hall–Kier alpha value is -2.11. The Bertz CT molecular complexity index is 723. The minimum atomic E-state index is -5.08. The minimum absolute atomic E-state index is 0.00523. The van der Waals surface area contributed by atoms with Crippen LogP contribution in [-0.4, -0.2) is 92.1 Å². The summed E-state index contributed by atoms with van der Waals surface area (Å²) >= 11 is 0. The first kappa shape index (κ1) is 24.2. The quantitative estimate of drug-likeness (QED) is 0.755. The summed E-state index contributed by atoms with van der Waals surface area (Å²) in [5.74, 6) is -1.93. The summed E-state index contributed by atoms with van der Waals surface area (Å²) in [4.78, 5) is 26.1. The van der Waals surface area contributed by atoms with Gasteiger partial charge in [0.15, 0.2) is 5.76 Å². The lowest BCUT2D eigenvalue weighted by molar-refractivity contribution is -0.192. The summed E-state index contributed by atoms with van der Waals surface area (Å²) in [6.45, 7) is 6.06. The number of alkyl halides is 3. The highest BCUT2D eigenvalue weighted by molar-refractivity contribution is 5.93. The number of halogens is 3. The number of methoxy groups -OCH3 is 2. The molecule has 8 nitrogen and oxygen atoms in total. The molecule has 2 fully saturated rings. The first-order chi connectivity index (χ1) is 14.1. The molecule has 170 valence electrons. The highest BCUT2D eigenvalue weighted by Crippen LogP contribution is 2.33. The van der Waals surface area contributed by atoms with Crippen molar-refractivity contribution in [3.05, 3.63) is 23.7 Å². The van der Waals surface area contributed by atoms with E-state index in [1.165, 1.54) is 0 Å². The van der Waals surface area contributed by atoms with E-state index in [2.05, 4.69) is 4.90 Å². The fourth-order valence-electron chi connectivity index (χ4n) is 3.91. The monoisotopic (exact) mass is 436 g/mol.